The molecule has 0 saturated carbocycles. The molecule has 1 N–H and O–H groups in total. The van der Waals surface area contributed by atoms with Gasteiger partial charge in [-0.1, -0.05) is 13.8 Å². The standard InChI is InChI=1S/C8H13NO2/c1-3-6-4-5(2)7(10)9-8(6)11/h5-6H,3-4H2,1-2H3,(H,9,10,11). The second-order valence-corrected chi connectivity index (χ2v) is 3.10. The second kappa shape index (κ2) is 3.03. The third-order valence-electron chi connectivity index (χ3n) is 2.20. The highest BCUT2D eigenvalue weighted by atomic mass is 16.2. The summed E-state index contributed by atoms with van der Waals surface area (Å²) in [6.07, 6.45) is 1.53. The maximum absolute atomic E-state index is 11.0. The Balaban J connectivity index is 2.62. The number of hydrogen-bond donors (Lipinski definition) is 1. The van der Waals surface area contributed by atoms with Gasteiger partial charge in [-0.2, -0.15) is 0 Å². The summed E-state index contributed by atoms with van der Waals surface area (Å²) in [5, 5.41) is 2.35. The molecule has 0 aromatic rings. The van der Waals surface area contributed by atoms with Crippen LogP contribution in [0.4, 0.5) is 0 Å². The fourth-order valence-electron chi connectivity index (χ4n) is 1.34. The van der Waals surface area contributed by atoms with E-state index >= 15 is 0 Å². The number of rotatable bonds is 1. The monoisotopic (exact) mass is 155 g/mol. The summed E-state index contributed by atoms with van der Waals surface area (Å²) in [4.78, 5) is 22.0. The number of carbonyl (C=O) groups excluding carboxylic acids is 2. The Bertz CT molecular complexity index is 189. The lowest BCUT2D eigenvalue weighted by Gasteiger charge is -2.24. The van der Waals surface area contributed by atoms with E-state index in [2.05, 4.69) is 5.32 Å². The molecule has 2 atom stereocenters. The summed E-state index contributed by atoms with van der Waals surface area (Å²) in [5.41, 5.74) is 0. The molecule has 3 heteroatoms. The SMILES string of the molecule is CCC1CC(C)C(=O)NC1=O. The van der Waals surface area contributed by atoms with Gasteiger partial charge in [-0.05, 0) is 12.8 Å². The summed E-state index contributed by atoms with van der Waals surface area (Å²) < 4.78 is 0. The maximum Gasteiger partial charge on any atom is 0.229 e. The lowest BCUT2D eigenvalue weighted by Crippen LogP contribution is -2.44. The van der Waals surface area contributed by atoms with Crippen LogP contribution in [0.3, 0.4) is 0 Å². The predicted molar refractivity (Wildman–Crippen MR) is 40.7 cm³/mol. The van der Waals surface area contributed by atoms with Crippen molar-refractivity contribution in [2.45, 2.75) is 26.7 Å². The van der Waals surface area contributed by atoms with Crippen molar-refractivity contribution in [1.82, 2.24) is 5.32 Å². The first-order chi connectivity index (χ1) is 5.15. The van der Waals surface area contributed by atoms with Gasteiger partial charge in [0, 0.05) is 11.8 Å². The van der Waals surface area contributed by atoms with E-state index in [1.165, 1.54) is 0 Å². The molecule has 1 aliphatic heterocycles. The van der Waals surface area contributed by atoms with E-state index in [1.54, 1.807) is 0 Å². The van der Waals surface area contributed by atoms with Gasteiger partial charge in [0.05, 0.1) is 0 Å². The van der Waals surface area contributed by atoms with Crippen LogP contribution < -0.4 is 5.32 Å². The van der Waals surface area contributed by atoms with E-state index < -0.39 is 0 Å². The molecule has 11 heavy (non-hydrogen) atoms. The van der Waals surface area contributed by atoms with Gasteiger partial charge in [0.15, 0.2) is 0 Å². The van der Waals surface area contributed by atoms with Crippen LogP contribution in [-0.2, 0) is 9.59 Å². The summed E-state index contributed by atoms with van der Waals surface area (Å²) in [7, 11) is 0. The fourth-order valence-corrected chi connectivity index (χ4v) is 1.34. The molecule has 0 aromatic heterocycles. The first-order valence-electron chi connectivity index (χ1n) is 3.99. The van der Waals surface area contributed by atoms with Crippen molar-refractivity contribution in [1.29, 1.82) is 0 Å². The topological polar surface area (TPSA) is 46.2 Å². The number of hydrogen-bond acceptors (Lipinski definition) is 2. The average molecular weight is 155 g/mol. The van der Waals surface area contributed by atoms with Crippen LogP contribution >= 0.6 is 0 Å². The van der Waals surface area contributed by atoms with Crippen LogP contribution in [0, 0.1) is 11.8 Å². The predicted octanol–water partition coefficient (Wildman–Crippen LogP) is 0.695. The number of amides is 2. The minimum Gasteiger partial charge on any atom is -0.296 e. The Labute approximate surface area is 66.2 Å². The second-order valence-electron chi connectivity index (χ2n) is 3.10. The molecule has 0 radical (unpaired) electrons. The molecule has 0 aliphatic carbocycles. The van der Waals surface area contributed by atoms with Crippen molar-refractivity contribution in [3.05, 3.63) is 0 Å². The van der Waals surface area contributed by atoms with Crippen molar-refractivity contribution < 1.29 is 9.59 Å². The van der Waals surface area contributed by atoms with Crippen LogP contribution in [0.15, 0.2) is 0 Å². The highest BCUT2D eigenvalue weighted by Gasteiger charge is 2.30. The maximum atomic E-state index is 11.0. The van der Waals surface area contributed by atoms with Gasteiger partial charge in [-0.15, -0.1) is 0 Å². The van der Waals surface area contributed by atoms with Crippen LogP contribution in [0.2, 0.25) is 0 Å². The molecule has 0 spiro atoms. The lowest BCUT2D eigenvalue weighted by atomic mass is 9.89. The zero-order valence-corrected chi connectivity index (χ0v) is 6.89. The molecule has 1 rings (SSSR count). The van der Waals surface area contributed by atoms with Crippen molar-refractivity contribution in [2.24, 2.45) is 11.8 Å². The molecule has 0 aromatic carbocycles. The molecular weight excluding hydrogens is 142 g/mol. The molecule has 1 fully saturated rings. The summed E-state index contributed by atoms with van der Waals surface area (Å²) in [6, 6.07) is 0. The van der Waals surface area contributed by atoms with Gasteiger partial charge in [0.1, 0.15) is 0 Å². The smallest absolute Gasteiger partial charge is 0.229 e. The quantitative estimate of drug-likeness (QED) is 0.566. The van der Waals surface area contributed by atoms with E-state index in [1.807, 2.05) is 13.8 Å². The van der Waals surface area contributed by atoms with Crippen LogP contribution in [0.5, 0.6) is 0 Å². The highest BCUT2D eigenvalue weighted by molar-refractivity contribution is 5.99. The van der Waals surface area contributed by atoms with E-state index in [4.69, 9.17) is 0 Å². The van der Waals surface area contributed by atoms with Gasteiger partial charge in [0.25, 0.3) is 0 Å². The summed E-state index contributed by atoms with van der Waals surface area (Å²) in [6.45, 7) is 3.82. The van der Waals surface area contributed by atoms with E-state index in [9.17, 15) is 9.59 Å². The van der Waals surface area contributed by atoms with E-state index in [0.717, 1.165) is 6.42 Å². The minimum absolute atomic E-state index is 0.00218. The normalized spacial score (nSPS) is 31.8. The number of imide groups is 1. The molecular formula is C8H13NO2. The van der Waals surface area contributed by atoms with Crippen LogP contribution in [-0.4, -0.2) is 11.8 Å². The minimum atomic E-state index is -0.125. The van der Waals surface area contributed by atoms with Crippen molar-refractivity contribution in [3.63, 3.8) is 0 Å². The Morgan fingerprint density at radius 3 is 2.64 bits per heavy atom. The van der Waals surface area contributed by atoms with Gasteiger partial charge < -0.3 is 0 Å². The fraction of sp³-hybridized carbons (Fsp3) is 0.750. The summed E-state index contributed by atoms with van der Waals surface area (Å²) in [5.74, 6) is -0.185. The average Bonchev–Trinajstić information content (AvgIpc) is 1.97. The van der Waals surface area contributed by atoms with Gasteiger partial charge in [-0.25, -0.2) is 0 Å². The zero-order valence-electron chi connectivity index (χ0n) is 6.89. The molecule has 62 valence electrons. The Morgan fingerprint density at radius 2 is 2.09 bits per heavy atom. The number of piperidine rings is 1. The molecule has 2 unspecified atom stereocenters. The third kappa shape index (κ3) is 1.59. The molecule has 1 heterocycles. The zero-order chi connectivity index (χ0) is 8.43. The Hall–Kier alpha value is -0.860. The van der Waals surface area contributed by atoms with Crippen LogP contribution in [0.1, 0.15) is 26.7 Å². The molecule has 2 amide bonds. The Kier molecular flexibility index (Phi) is 2.27. The van der Waals surface area contributed by atoms with E-state index in [0.29, 0.717) is 6.42 Å². The molecule has 1 aliphatic rings. The Morgan fingerprint density at radius 1 is 1.45 bits per heavy atom. The molecule has 1 saturated heterocycles. The largest absolute Gasteiger partial charge is 0.296 e. The van der Waals surface area contributed by atoms with Gasteiger partial charge in [0.2, 0.25) is 11.8 Å². The van der Waals surface area contributed by atoms with Gasteiger partial charge >= 0.3 is 0 Å². The molecule has 3 nitrogen and oxygen atoms in total. The van der Waals surface area contributed by atoms with Crippen molar-refractivity contribution >= 4 is 11.8 Å². The number of carbonyl (C=O) groups is 2. The lowest BCUT2D eigenvalue weighted by molar-refractivity contribution is -0.139. The van der Waals surface area contributed by atoms with Crippen molar-refractivity contribution in [2.75, 3.05) is 0 Å². The number of nitrogens with one attached hydrogen (secondary N) is 1. The van der Waals surface area contributed by atoms with Crippen molar-refractivity contribution in [3.8, 4) is 0 Å². The first-order valence-corrected chi connectivity index (χ1v) is 3.99. The van der Waals surface area contributed by atoms with Crippen LogP contribution in [0.25, 0.3) is 0 Å². The third-order valence-corrected chi connectivity index (χ3v) is 2.20. The highest BCUT2D eigenvalue weighted by Crippen LogP contribution is 2.19. The molecule has 0 bridgehead atoms. The van der Waals surface area contributed by atoms with E-state index in [-0.39, 0.29) is 23.7 Å². The van der Waals surface area contributed by atoms with Gasteiger partial charge in [-0.3, -0.25) is 14.9 Å². The first kappa shape index (κ1) is 8.24. The summed E-state index contributed by atoms with van der Waals surface area (Å²) >= 11 is 0.